The van der Waals surface area contributed by atoms with Gasteiger partial charge in [-0.15, -0.1) is 28.3 Å². The van der Waals surface area contributed by atoms with E-state index in [4.69, 9.17) is 5.73 Å². The van der Waals surface area contributed by atoms with Crippen molar-refractivity contribution in [1.82, 2.24) is 9.88 Å². The molecule has 2 aromatic rings. The first-order chi connectivity index (χ1) is 12.1. The molecular formula is C17H20BrN5O2S. The predicted octanol–water partition coefficient (Wildman–Crippen LogP) is 2.70. The van der Waals surface area contributed by atoms with Gasteiger partial charge < -0.3 is 11.1 Å². The summed E-state index contributed by atoms with van der Waals surface area (Å²) >= 11 is 1.47. The van der Waals surface area contributed by atoms with Crippen molar-refractivity contribution < 1.29 is 9.59 Å². The van der Waals surface area contributed by atoms with Crippen LogP contribution in [0, 0.1) is 0 Å². The molecule has 138 valence electrons. The zero-order valence-corrected chi connectivity index (χ0v) is 16.8. The number of imide groups is 1. The minimum Gasteiger partial charge on any atom is -0.370 e. The highest BCUT2D eigenvalue weighted by atomic mass is 79.9. The van der Waals surface area contributed by atoms with E-state index in [-0.39, 0.29) is 28.8 Å². The van der Waals surface area contributed by atoms with Gasteiger partial charge in [0, 0.05) is 19.0 Å². The number of nitrogens with zero attached hydrogens (tertiary/aromatic N) is 3. The van der Waals surface area contributed by atoms with Crippen molar-refractivity contribution in [3.63, 3.8) is 0 Å². The Bertz CT molecular complexity index is 801. The van der Waals surface area contributed by atoms with Crippen LogP contribution in [0.25, 0.3) is 0 Å². The fourth-order valence-corrected chi connectivity index (χ4v) is 3.41. The highest BCUT2D eigenvalue weighted by molar-refractivity contribution is 8.93. The van der Waals surface area contributed by atoms with E-state index in [1.54, 1.807) is 31.3 Å². The van der Waals surface area contributed by atoms with Gasteiger partial charge in [-0.05, 0) is 31.4 Å². The molecule has 7 nitrogen and oxygen atoms in total. The van der Waals surface area contributed by atoms with E-state index >= 15 is 0 Å². The standard InChI is InChI=1S/C17H19N5O2S.BrH/c1-19-16(18)21-17-20-11(10-25-17)6-4-5-9-22-14(23)12-7-2-3-8-13(12)15(22)24;/h2-3,7-8,10H,4-6,9H2,1H3,(H3,18,19,20,21);1H. The molecule has 1 aromatic heterocycles. The molecule has 1 aliphatic heterocycles. The fraction of sp³-hybridized carbons (Fsp3) is 0.294. The second-order valence-corrected chi connectivity index (χ2v) is 6.50. The van der Waals surface area contributed by atoms with Gasteiger partial charge in [0.05, 0.1) is 16.8 Å². The highest BCUT2D eigenvalue weighted by Gasteiger charge is 2.34. The first kappa shape index (κ1) is 20.1. The van der Waals surface area contributed by atoms with E-state index in [2.05, 4.69) is 15.3 Å². The number of fused-ring (bicyclic) bond motifs is 1. The van der Waals surface area contributed by atoms with Crippen molar-refractivity contribution >= 4 is 51.2 Å². The van der Waals surface area contributed by atoms with Crippen molar-refractivity contribution in [2.45, 2.75) is 19.3 Å². The molecule has 0 bridgehead atoms. The Balaban J connectivity index is 0.00000243. The van der Waals surface area contributed by atoms with Crippen LogP contribution in [-0.2, 0) is 6.42 Å². The fourth-order valence-electron chi connectivity index (χ4n) is 2.66. The molecule has 0 atom stereocenters. The van der Waals surface area contributed by atoms with E-state index in [0.717, 1.165) is 25.0 Å². The number of guanidine groups is 1. The first-order valence-electron chi connectivity index (χ1n) is 7.99. The van der Waals surface area contributed by atoms with E-state index in [0.29, 0.717) is 28.8 Å². The second kappa shape index (κ2) is 8.91. The summed E-state index contributed by atoms with van der Waals surface area (Å²) in [6.07, 6.45) is 2.36. The summed E-state index contributed by atoms with van der Waals surface area (Å²) in [5, 5.41) is 5.58. The lowest BCUT2D eigenvalue weighted by Crippen LogP contribution is -2.30. The van der Waals surface area contributed by atoms with E-state index in [1.165, 1.54) is 16.2 Å². The lowest BCUT2D eigenvalue weighted by molar-refractivity contribution is 0.0652. The zero-order valence-electron chi connectivity index (χ0n) is 14.3. The number of aryl methyl sites for hydroxylation is 1. The number of nitrogens with one attached hydrogen (secondary N) is 1. The number of nitrogens with two attached hydrogens (primary N) is 1. The van der Waals surface area contributed by atoms with Crippen LogP contribution >= 0.6 is 28.3 Å². The average Bonchev–Trinajstić information content (AvgIpc) is 3.16. The summed E-state index contributed by atoms with van der Waals surface area (Å²) in [4.78, 5) is 34.1. The molecule has 0 unspecified atom stereocenters. The van der Waals surface area contributed by atoms with Crippen LogP contribution in [-0.4, -0.2) is 41.3 Å². The summed E-state index contributed by atoms with van der Waals surface area (Å²) in [7, 11) is 1.61. The predicted molar refractivity (Wildman–Crippen MR) is 108 cm³/mol. The summed E-state index contributed by atoms with van der Waals surface area (Å²) in [5.74, 6) is -0.0725. The Morgan fingerprint density at radius 3 is 2.50 bits per heavy atom. The lowest BCUT2D eigenvalue weighted by Gasteiger charge is -2.13. The van der Waals surface area contributed by atoms with Gasteiger partial charge >= 0.3 is 0 Å². The minimum absolute atomic E-state index is 0. The van der Waals surface area contributed by atoms with Gasteiger partial charge in [0.15, 0.2) is 11.1 Å². The molecule has 1 aliphatic rings. The second-order valence-electron chi connectivity index (χ2n) is 5.64. The molecular weight excluding hydrogens is 418 g/mol. The Morgan fingerprint density at radius 1 is 1.23 bits per heavy atom. The molecule has 2 amide bonds. The third-order valence-corrected chi connectivity index (χ3v) is 4.78. The molecule has 2 heterocycles. The quantitative estimate of drug-likeness (QED) is 0.313. The third kappa shape index (κ3) is 4.28. The molecule has 3 N–H and O–H groups in total. The third-order valence-electron chi connectivity index (χ3n) is 3.97. The van der Waals surface area contributed by atoms with Gasteiger partial charge in [-0.1, -0.05) is 12.1 Å². The molecule has 0 spiro atoms. The highest BCUT2D eigenvalue weighted by Crippen LogP contribution is 2.23. The van der Waals surface area contributed by atoms with Gasteiger partial charge in [-0.2, -0.15) is 0 Å². The van der Waals surface area contributed by atoms with Crippen molar-refractivity contribution in [3.8, 4) is 0 Å². The summed E-state index contributed by atoms with van der Waals surface area (Å²) in [5.41, 5.74) is 7.56. The Kier molecular flexibility index (Phi) is 6.87. The van der Waals surface area contributed by atoms with Gasteiger partial charge in [-0.25, -0.2) is 4.98 Å². The Labute approximate surface area is 166 Å². The van der Waals surface area contributed by atoms with Gasteiger partial charge in [0.2, 0.25) is 0 Å². The number of aromatic nitrogens is 1. The number of thiazole rings is 1. The number of unbranched alkanes of at least 4 members (excludes halogenated alkanes) is 1. The molecule has 0 saturated carbocycles. The largest absolute Gasteiger partial charge is 0.370 e. The van der Waals surface area contributed by atoms with Gasteiger partial charge in [0.25, 0.3) is 11.8 Å². The number of carbonyl (C=O) groups excluding carboxylic acids is 2. The van der Waals surface area contributed by atoms with Crippen LogP contribution < -0.4 is 11.1 Å². The normalized spacial score (nSPS) is 13.6. The average molecular weight is 438 g/mol. The van der Waals surface area contributed by atoms with Crippen LogP contribution in [0.1, 0.15) is 39.3 Å². The number of benzene rings is 1. The van der Waals surface area contributed by atoms with E-state index < -0.39 is 0 Å². The van der Waals surface area contributed by atoms with Crippen LogP contribution in [0.2, 0.25) is 0 Å². The van der Waals surface area contributed by atoms with E-state index in [1.807, 2.05) is 5.38 Å². The molecule has 26 heavy (non-hydrogen) atoms. The number of aliphatic imine (C=N–C) groups is 1. The van der Waals surface area contributed by atoms with Gasteiger partial charge in [0.1, 0.15) is 0 Å². The summed E-state index contributed by atoms with van der Waals surface area (Å²) in [6, 6.07) is 6.95. The van der Waals surface area contributed by atoms with Crippen molar-refractivity contribution in [1.29, 1.82) is 0 Å². The number of halogens is 1. The molecule has 0 saturated heterocycles. The molecule has 0 aliphatic carbocycles. The number of amides is 2. The number of carbonyl (C=O) groups is 2. The summed E-state index contributed by atoms with van der Waals surface area (Å²) in [6.45, 7) is 0.428. The maximum Gasteiger partial charge on any atom is 0.261 e. The van der Waals surface area contributed by atoms with Crippen LogP contribution in [0.15, 0.2) is 34.6 Å². The van der Waals surface area contributed by atoms with Crippen LogP contribution in [0.4, 0.5) is 5.13 Å². The van der Waals surface area contributed by atoms with Crippen molar-refractivity contribution in [2.24, 2.45) is 10.7 Å². The minimum atomic E-state index is -0.199. The monoisotopic (exact) mass is 437 g/mol. The molecule has 3 rings (SSSR count). The number of hydrogen-bond donors (Lipinski definition) is 2. The maximum absolute atomic E-state index is 12.3. The van der Waals surface area contributed by atoms with E-state index in [9.17, 15) is 9.59 Å². The first-order valence-corrected chi connectivity index (χ1v) is 8.87. The van der Waals surface area contributed by atoms with Crippen LogP contribution in [0.5, 0.6) is 0 Å². The maximum atomic E-state index is 12.3. The molecule has 0 radical (unpaired) electrons. The topological polar surface area (TPSA) is 101 Å². The van der Waals surface area contributed by atoms with Crippen LogP contribution in [0.3, 0.4) is 0 Å². The number of hydrogen-bond acceptors (Lipinski definition) is 5. The summed E-state index contributed by atoms with van der Waals surface area (Å²) < 4.78 is 0. The van der Waals surface area contributed by atoms with Crippen molar-refractivity contribution in [2.75, 3.05) is 18.9 Å². The number of anilines is 1. The zero-order chi connectivity index (χ0) is 17.8. The van der Waals surface area contributed by atoms with Gasteiger partial charge in [-0.3, -0.25) is 19.5 Å². The molecule has 1 aromatic carbocycles. The van der Waals surface area contributed by atoms with Crippen molar-refractivity contribution in [3.05, 3.63) is 46.5 Å². The number of rotatable bonds is 6. The molecule has 0 fully saturated rings. The SMILES string of the molecule is Br.CN=C(N)Nc1nc(CCCCN2C(=O)c3ccccc3C2=O)cs1. The Hall–Kier alpha value is -2.26. The Morgan fingerprint density at radius 2 is 1.88 bits per heavy atom. The smallest absolute Gasteiger partial charge is 0.261 e. The molecule has 9 heteroatoms. The lowest BCUT2D eigenvalue weighted by atomic mass is 10.1.